The van der Waals surface area contributed by atoms with Gasteiger partial charge in [0.05, 0.1) is 6.04 Å². The highest BCUT2D eigenvalue weighted by molar-refractivity contribution is 7.07. The molecule has 4 rings (SSSR count). The van der Waals surface area contributed by atoms with E-state index < -0.39 is 0 Å². The van der Waals surface area contributed by atoms with Gasteiger partial charge in [-0.2, -0.15) is 5.26 Å². The molecule has 2 aromatic rings. The van der Waals surface area contributed by atoms with Gasteiger partial charge in [0.2, 0.25) is 5.90 Å². The summed E-state index contributed by atoms with van der Waals surface area (Å²) in [6, 6.07) is 10.5. The number of ether oxygens (including phenoxy) is 1. The van der Waals surface area contributed by atoms with Crippen molar-refractivity contribution in [2.24, 2.45) is 4.99 Å². The SMILES string of the molecule is CCn1c(=O)/c(=C\Nc2ccc(CCN3CCCC3)cc2)s/c1=C(/C#N)C1=N[C@@H](C)CO1. The summed E-state index contributed by atoms with van der Waals surface area (Å²) in [5, 5.41) is 12.9. The Bertz CT molecular complexity index is 1200. The molecular formula is C24H29N5O2S. The second-order valence-corrected chi connectivity index (χ2v) is 9.22. The molecule has 1 fully saturated rings. The van der Waals surface area contributed by atoms with Crippen molar-refractivity contribution in [1.29, 1.82) is 5.26 Å². The van der Waals surface area contributed by atoms with E-state index in [0.717, 1.165) is 18.7 Å². The first-order chi connectivity index (χ1) is 15.6. The standard InChI is InChI=1S/C24H29N5O2S/c1-3-29-23(30)21(32-24(29)20(14-25)22-27-17(2)16-31-22)15-26-19-8-6-18(7-9-19)10-13-28-11-4-5-12-28/h6-9,15,17,26H,3-5,10-13,16H2,1-2H3/b21-15+,24-20-/t17-/m0/s1. The van der Waals surface area contributed by atoms with Crippen molar-refractivity contribution in [2.45, 2.75) is 45.7 Å². The van der Waals surface area contributed by atoms with Gasteiger partial charge in [-0.1, -0.05) is 12.1 Å². The smallest absolute Gasteiger partial charge is 0.270 e. The van der Waals surface area contributed by atoms with Crippen LogP contribution in [0, 0.1) is 11.3 Å². The van der Waals surface area contributed by atoms with E-state index in [9.17, 15) is 10.1 Å². The Kier molecular flexibility index (Phi) is 7.08. The minimum Gasteiger partial charge on any atom is -0.475 e. The number of rotatable bonds is 7. The Morgan fingerprint density at radius 1 is 1.34 bits per heavy atom. The van der Waals surface area contributed by atoms with E-state index in [2.05, 4.69) is 33.4 Å². The van der Waals surface area contributed by atoms with Crippen LogP contribution in [0.3, 0.4) is 0 Å². The van der Waals surface area contributed by atoms with Crippen LogP contribution >= 0.6 is 11.3 Å². The van der Waals surface area contributed by atoms with Crippen LogP contribution in [0.5, 0.6) is 0 Å². The Hall–Kier alpha value is -2.89. The number of anilines is 1. The Morgan fingerprint density at radius 3 is 2.72 bits per heavy atom. The first-order valence-corrected chi connectivity index (χ1v) is 12.0. The van der Waals surface area contributed by atoms with Crippen LogP contribution < -0.4 is 20.1 Å². The summed E-state index contributed by atoms with van der Waals surface area (Å²) in [4.78, 5) is 19.8. The van der Waals surface area contributed by atoms with E-state index in [1.807, 2.05) is 26.0 Å². The third-order valence-electron chi connectivity index (χ3n) is 5.80. The molecule has 0 saturated carbocycles. The van der Waals surface area contributed by atoms with Gasteiger partial charge in [-0.15, -0.1) is 11.3 Å². The normalized spacial score (nSPS) is 20.1. The number of hydrogen-bond donors (Lipinski definition) is 1. The number of thiazole rings is 1. The highest BCUT2D eigenvalue weighted by atomic mass is 32.1. The van der Waals surface area contributed by atoms with Crippen LogP contribution in [0.1, 0.15) is 32.3 Å². The number of hydrogen-bond acceptors (Lipinski definition) is 7. The zero-order chi connectivity index (χ0) is 22.5. The second kappa shape index (κ2) is 10.2. The molecule has 7 nitrogen and oxygen atoms in total. The molecule has 32 heavy (non-hydrogen) atoms. The summed E-state index contributed by atoms with van der Waals surface area (Å²) < 4.78 is 8.29. The van der Waals surface area contributed by atoms with E-state index in [4.69, 9.17) is 4.74 Å². The van der Waals surface area contributed by atoms with E-state index in [1.54, 1.807) is 10.8 Å². The molecule has 168 valence electrons. The quantitative estimate of drug-likeness (QED) is 0.695. The van der Waals surface area contributed by atoms with Crippen molar-refractivity contribution in [3.05, 3.63) is 49.4 Å². The lowest BCUT2D eigenvalue weighted by molar-refractivity contribution is 0.326. The van der Waals surface area contributed by atoms with Gasteiger partial charge in [0.25, 0.3) is 5.56 Å². The topological polar surface area (TPSA) is 82.7 Å². The molecule has 2 aliphatic rings. The number of benzene rings is 1. The van der Waals surface area contributed by atoms with Crippen LogP contribution in [-0.2, 0) is 17.7 Å². The fourth-order valence-electron chi connectivity index (χ4n) is 4.00. The minimum atomic E-state index is -0.123. The van der Waals surface area contributed by atoms with E-state index >= 15 is 0 Å². The van der Waals surface area contributed by atoms with E-state index in [-0.39, 0.29) is 11.6 Å². The monoisotopic (exact) mass is 451 g/mol. The molecule has 1 atom stereocenters. The average Bonchev–Trinajstić information content (AvgIpc) is 3.54. The van der Waals surface area contributed by atoms with Gasteiger partial charge in [-0.3, -0.25) is 9.36 Å². The van der Waals surface area contributed by atoms with Crippen LogP contribution in [0.25, 0.3) is 11.8 Å². The summed E-state index contributed by atoms with van der Waals surface area (Å²) in [7, 11) is 0. The van der Waals surface area contributed by atoms with E-state index in [0.29, 0.717) is 33.8 Å². The molecular weight excluding hydrogens is 422 g/mol. The summed E-state index contributed by atoms with van der Waals surface area (Å²) in [5.74, 6) is 0.326. The predicted molar refractivity (Wildman–Crippen MR) is 129 cm³/mol. The third kappa shape index (κ3) is 4.95. The van der Waals surface area contributed by atoms with Gasteiger partial charge in [0.15, 0.2) is 0 Å². The maximum atomic E-state index is 12.9. The molecule has 0 spiro atoms. The molecule has 0 unspecified atom stereocenters. The molecule has 0 aliphatic carbocycles. The van der Waals surface area contributed by atoms with Gasteiger partial charge in [-0.25, -0.2) is 4.99 Å². The molecule has 2 aliphatic heterocycles. The highest BCUT2D eigenvalue weighted by Crippen LogP contribution is 2.13. The molecule has 1 saturated heterocycles. The van der Waals surface area contributed by atoms with Crippen molar-refractivity contribution in [3.8, 4) is 6.07 Å². The summed E-state index contributed by atoms with van der Waals surface area (Å²) in [6.45, 7) is 8.30. The molecule has 1 aromatic heterocycles. The van der Waals surface area contributed by atoms with Gasteiger partial charge in [0, 0.05) is 25.0 Å². The lowest BCUT2D eigenvalue weighted by Crippen LogP contribution is -2.32. The third-order valence-corrected chi connectivity index (χ3v) is 6.93. The molecule has 1 aromatic carbocycles. The maximum Gasteiger partial charge on any atom is 0.270 e. The van der Waals surface area contributed by atoms with E-state index in [1.165, 1.54) is 42.8 Å². The number of nitrogens with one attached hydrogen (secondary N) is 1. The number of likely N-dealkylation sites (tertiary alicyclic amines) is 1. The highest BCUT2D eigenvalue weighted by Gasteiger charge is 2.21. The lowest BCUT2D eigenvalue weighted by Gasteiger charge is -2.14. The van der Waals surface area contributed by atoms with Crippen LogP contribution in [-0.4, -0.2) is 47.6 Å². The van der Waals surface area contributed by atoms with Crippen molar-refractivity contribution >= 4 is 34.7 Å². The molecule has 8 heteroatoms. The maximum absolute atomic E-state index is 12.9. The van der Waals surface area contributed by atoms with Gasteiger partial charge in [0.1, 0.15) is 27.4 Å². The number of nitrogens with zero attached hydrogens (tertiary/aromatic N) is 4. The molecule has 0 bridgehead atoms. The molecule has 0 amide bonds. The van der Waals surface area contributed by atoms with Crippen LogP contribution in [0.2, 0.25) is 0 Å². The minimum absolute atomic E-state index is 0.0149. The zero-order valence-corrected chi connectivity index (χ0v) is 19.5. The van der Waals surface area contributed by atoms with Crippen LogP contribution in [0.15, 0.2) is 34.1 Å². The second-order valence-electron chi connectivity index (χ2n) is 8.19. The van der Waals surface area contributed by atoms with Gasteiger partial charge in [-0.05, 0) is 63.9 Å². The molecule has 0 radical (unpaired) electrons. The molecule has 1 N–H and O–H groups in total. The fourth-order valence-corrected chi connectivity index (χ4v) is 5.08. The fraction of sp³-hybridized carbons (Fsp3) is 0.458. The summed E-state index contributed by atoms with van der Waals surface area (Å²) >= 11 is 1.28. The van der Waals surface area contributed by atoms with Crippen molar-refractivity contribution in [2.75, 3.05) is 31.6 Å². The zero-order valence-electron chi connectivity index (χ0n) is 18.6. The summed E-state index contributed by atoms with van der Waals surface area (Å²) in [6.07, 6.45) is 5.40. The first kappa shape index (κ1) is 22.3. The van der Waals surface area contributed by atoms with Gasteiger partial charge >= 0.3 is 0 Å². The number of aromatic nitrogens is 1. The van der Waals surface area contributed by atoms with Crippen molar-refractivity contribution < 1.29 is 4.74 Å². The van der Waals surface area contributed by atoms with Crippen molar-refractivity contribution in [1.82, 2.24) is 9.47 Å². The van der Waals surface area contributed by atoms with Crippen LogP contribution in [0.4, 0.5) is 5.69 Å². The Labute approximate surface area is 192 Å². The first-order valence-electron chi connectivity index (χ1n) is 11.2. The summed E-state index contributed by atoms with van der Waals surface area (Å²) in [5.41, 5.74) is 2.44. The Balaban J connectivity index is 1.54. The number of aliphatic imine (C=N–C) groups is 1. The lowest BCUT2D eigenvalue weighted by atomic mass is 10.1. The molecule has 3 heterocycles. The van der Waals surface area contributed by atoms with Crippen molar-refractivity contribution in [3.63, 3.8) is 0 Å². The number of nitriles is 1. The average molecular weight is 452 g/mol. The van der Waals surface area contributed by atoms with Gasteiger partial charge < -0.3 is 15.0 Å². The largest absolute Gasteiger partial charge is 0.475 e. The Morgan fingerprint density at radius 2 is 2.09 bits per heavy atom. The predicted octanol–water partition coefficient (Wildman–Crippen LogP) is 1.91.